The molecule has 1 aliphatic carbocycles. The number of sulfone groups is 1. The largest absolute Gasteiger partial charge is 0.399 e. The highest BCUT2D eigenvalue weighted by Crippen LogP contribution is 2.41. The fourth-order valence-electron chi connectivity index (χ4n) is 3.43. The highest BCUT2D eigenvalue weighted by Gasteiger charge is 2.26. The van der Waals surface area contributed by atoms with Crippen molar-refractivity contribution in [3.63, 3.8) is 0 Å². The number of carbonyl (C=O) groups excluding carboxylic acids is 1. The second kappa shape index (κ2) is 13.2. The lowest BCUT2D eigenvalue weighted by molar-refractivity contribution is -0.105. The Kier molecular flexibility index (Phi) is 11.3. The van der Waals surface area contributed by atoms with Crippen molar-refractivity contribution in [1.82, 2.24) is 0 Å². The number of nitrogen functional groups attached to an aromatic ring is 1. The van der Waals surface area contributed by atoms with E-state index in [2.05, 4.69) is 24.4 Å². The van der Waals surface area contributed by atoms with Gasteiger partial charge in [-0.3, -0.25) is 4.79 Å². The summed E-state index contributed by atoms with van der Waals surface area (Å²) in [5.41, 5.74) is 9.82. The van der Waals surface area contributed by atoms with Crippen LogP contribution in [0.5, 0.6) is 0 Å². The standard InChI is InChI=1S/C14H19NO.C7H9N.C4H10O2S/c1-2-11-4-3-5-14(11)12-6-8-13(9-7-12)15-10-16;1-6-2-4-7(8)5-3-6;1-4(2)7(3,5)6/h6-11,14H,2-5H2,1H3,(H,15,16);2-5H,8H2,1H3;4H,1-3H3. The zero-order valence-corrected chi connectivity index (χ0v) is 20.3. The van der Waals surface area contributed by atoms with Gasteiger partial charge in [0.05, 0.1) is 5.25 Å². The predicted molar refractivity (Wildman–Crippen MR) is 132 cm³/mol. The van der Waals surface area contributed by atoms with Crippen LogP contribution in [0, 0.1) is 12.8 Å². The molecule has 2 aromatic carbocycles. The Hall–Kier alpha value is -2.34. The summed E-state index contributed by atoms with van der Waals surface area (Å²) in [4.78, 5) is 10.3. The Balaban J connectivity index is 0.000000268. The maximum atomic E-state index is 10.3. The van der Waals surface area contributed by atoms with E-state index < -0.39 is 9.84 Å². The van der Waals surface area contributed by atoms with E-state index in [1.165, 1.54) is 43.1 Å². The average molecular weight is 447 g/mol. The van der Waals surface area contributed by atoms with Crippen LogP contribution in [0.1, 0.15) is 63.5 Å². The lowest BCUT2D eigenvalue weighted by Gasteiger charge is -2.18. The Bertz CT molecular complexity index is 855. The molecule has 1 aliphatic rings. The molecule has 3 N–H and O–H groups in total. The van der Waals surface area contributed by atoms with Gasteiger partial charge in [-0.25, -0.2) is 8.42 Å². The molecule has 0 radical (unpaired) electrons. The summed E-state index contributed by atoms with van der Waals surface area (Å²) in [6.07, 6.45) is 7.28. The van der Waals surface area contributed by atoms with Crippen molar-refractivity contribution in [3.8, 4) is 0 Å². The van der Waals surface area contributed by atoms with Crippen molar-refractivity contribution >= 4 is 27.6 Å². The van der Waals surface area contributed by atoms with Gasteiger partial charge in [0, 0.05) is 17.6 Å². The highest BCUT2D eigenvalue weighted by molar-refractivity contribution is 7.91. The Labute approximate surface area is 188 Å². The number of nitrogens with one attached hydrogen (secondary N) is 1. The van der Waals surface area contributed by atoms with Crippen molar-refractivity contribution in [3.05, 3.63) is 59.7 Å². The Morgan fingerprint density at radius 1 is 1.06 bits per heavy atom. The van der Waals surface area contributed by atoms with Crippen molar-refractivity contribution in [1.29, 1.82) is 0 Å². The van der Waals surface area contributed by atoms with E-state index in [-0.39, 0.29) is 5.25 Å². The van der Waals surface area contributed by atoms with E-state index in [0.717, 1.165) is 29.6 Å². The molecule has 0 saturated heterocycles. The summed E-state index contributed by atoms with van der Waals surface area (Å²) in [6.45, 7) is 7.65. The number of nitrogens with two attached hydrogens (primary N) is 1. The Morgan fingerprint density at radius 3 is 2.03 bits per heavy atom. The number of amides is 1. The molecule has 2 atom stereocenters. The number of carbonyl (C=O) groups is 1. The first kappa shape index (κ1) is 26.7. The fourth-order valence-corrected chi connectivity index (χ4v) is 3.43. The quantitative estimate of drug-likeness (QED) is 0.464. The molecule has 1 saturated carbocycles. The summed E-state index contributed by atoms with van der Waals surface area (Å²) in [6, 6.07) is 16.1. The SMILES string of the molecule is CC(C)S(C)(=O)=O.CCC1CCCC1c1ccc(NC=O)cc1.Cc1ccc(N)cc1. The van der Waals surface area contributed by atoms with Crippen molar-refractivity contribution in [2.75, 3.05) is 17.3 Å². The minimum atomic E-state index is -2.74. The van der Waals surface area contributed by atoms with E-state index in [4.69, 9.17) is 5.73 Å². The van der Waals surface area contributed by atoms with Gasteiger partial charge in [-0.05, 0) is 75.3 Å². The molecule has 3 rings (SSSR count). The van der Waals surface area contributed by atoms with Gasteiger partial charge in [0.1, 0.15) is 9.84 Å². The van der Waals surface area contributed by atoms with Gasteiger partial charge in [-0.2, -0.15) is 0 Å². The molecular formula is C25H38N2O3S. The van der Waals surface area contributed by atoms with Gasteiger partial charge in [-0.15, -0.1) is 0 Å². The van der Waals surface area contributed by atoms with Crippen molar-refractivity contribution < 1.29 is 13.2 Å². The molecular weight excluding hydrogens is 408 g/mol. The molecule has 5 nitrogen and oxygen atoms in total. The monoisotopic (exact) mass is 446 g/mol. The van der Waals surface area contributed by atoms with Crippen LogP contribution in [0.3, 0.4) is 0 Å². The van der Waals surface area contributed by atoms with Crippen LogP contribution >= 0.6 is 0 Å². The van der Waals surface area contributed by atoms with Crippen LogP contribution in [0.15, 0.2) is 48.5 Å². The Morgan fingerprint density at radius 2 is 1.61 bits per heavy atom. The molecule has 172 valence electrons. The summed E-state index contributed by atoms with van der Waals surface area (Å²) >= 11 is 0. The van der Waals surface area contributed by atoms with Crippen LogP contribution in [0.4, 0.5) is 11.4 Å². The smallest absolute Gasteiger partial charge is 0.211 e. The molecule has 0 heterocycles. The van der Waals surface area contributed by atoms with Crippen LogP contribution in [0.2, 0.25) is 0 Å². The molecule has 2 aromatic rings. The minimum Gasteiger partial charge on any atom is -0.399 e. The summed E-state index contributed by atoms with van der Waals surface area (Å²) in [5, 5.41) is 2.44. The molecule has 0 aliphatic heterocycles. The first-order chi connectivity index (χ1) is 14.6. The zero-order valence-electron chi connectivity index (χ0n) is 19.5. The molecule has 1 amide bonds. The lowest BCUT2D eigenvalue weighted by atomic mass is 9.87. The second-order valence-corrected chi connectivity index (χ2v) is 11.0. The molecule has 31 heavy (non-hydrogen) atoms. The molecule has 0 bridgehead atoms. The normalized spacial score (nSPS) is 17.7. The number of benzene rings is 2. The zero-order chi connectivity index (χ0) is 23.4. The van der Waals surface area contributed by atoms with Gasteiger partial charge in [0.25, 0.3) is 0 Å². The molecule has 0 aromatic heterocycles. The highest BCUT2D eigenvalue weighted by atomic mass is 32.2. The number of hydrogen-bond donors (Lipinski definition) is 2. The van der Waals surface area contributed by atoms with Gasteiger partial charge < -0.3 is 11.1 Å². The van der Waals surface area contributed by atoms with Crippen LogP contribution in [-0.2, 0) is 14.6 Å². The third-order valence-corrected chi connectivity index (χ3v) is 7.39. The van der Waals surface area contributed by atoms with Crippen molar-refractivity contribution in [2.24, 2.45) is 5.92 Å². The number of anilines is 2. The van der Waals surface area contributed by atoms with Crippen LogP contribution < -0.4 is 11.1 Å². The van der Waals surface area contributed by atoms with Crippen LogP contribution in [-0.4, -0.2) is 26.3 Å². The third kappa shape index (κ3) is 10.0. The molecule has 2 unspecified atom stereocenters. The molecule has 6 heteroatoms. The first-order valence-corrected chi connectivity index (χ1v) is 12.8. The van der Waals surface area contributed by atoms with Gasteiger partial charge in [-0.1, -0.05) is 49.6 Å². The molecule has 1 fully saturated rings. The number of aryl methyl sites for hydroxylation is 1. The topological polar surface area (TPSA) is 89.3 Å². The first-order valence-electron chi connectivity index (χ1n) is 10.9. The van der Waals surface area contributed by atoms with Gasteiger partial charge >= 0.3 is 0 Å². The van der Waals surface area contributed by atoms with E-state index >= 15 is 0 Å². The van der Waals surface area contributed by atoms with E-state index in [0.29, 0.717) is 0 Å². The van der Waals surface area contributed by atoms with Gasteiger partial charge in [0.15, 0.2) is 0 Å². The maximum absolute atomic E-state index is 10.3. The average Bonchev–Trinajstić information content (AvgIpc) is 3.20. The van der Waals surface area contributed by atoms with Crippen LogP contribution in [0.25, 0.3) is 0 Å². The van der Waals surface area contributed by atoms with Gasteiger partial charge in [0.2, 0.25) is 6.41 Å². The summed E-state index contributed by atoms with van der Waals surface area (Å²) in [5.74, 6) is 1.58. The second-order valence-electron chi connectivity index (χ2n) is 8.38. The number of hydrogen-bond acceptors (Lipinski definition) is 4. The molecule has 0 spiro atoms. The van der Waals surface area contributed by atoms with E-state index in [1.807, 2.05) is 43.3 Å². The van der Waals surface area contributed by atoms with Crippen molar-refractivity contribution in [2.45, 2.75) is 64.5 Å². The minimum absolute atomic E-state index is 0.229. The number of rotatable bonds is 5. The maximum Gasteiger partial charge on any atom is 0.211 e. The summed E-state index contributed by atoms with van der Waals surface area (Å²) < 4.78 is 20.7. The predicted octanol–water partition coefficient (Wildman–Crippen LogP) is 5.57. The van der Waals surface area contributed by atoms with E-state index in [1.54, 1.807) is 13.8 Å². The fraction of sp³-hybridized carbons (Fsp3) is 0.480. The summed E-state index contributed by atoms with van der Waals surface area (Å²) in [7, 11) is -2.74. The lowest BCUT2D eigenvalue weighted by Crippen LogP contribution is -2.10. The van der Waals surface area contributed by atoms with E-state index in [9.17, 15) is 13.2 Å². The third-order valence-electron chi connectivity index (χ3n) is 5.68.